The maximum atomic E-state index is 11.9. The van der Waals surface area contributed by atoms with Crippen molar-refractivity contribution in [1.29, 1.82) is 0 Å². The first-order chi connectivity index (χ1) is 10.1. The van der Waals surface area contributed by atoms with Crippen LogP contribution in [0.2, 0.25) is 0 Å². The first-order valence-electron chi connectivity index (χ1n) is 7.89. The molecule has 0 spiro atoms. The van der Waals surface area contributed by atoms with Crippen LogP contribution in [-0.4, -0.2) is 19.6 Å². The van der Waals surface area contributed by atoms with Gasteiger partial charge in [0.2, 0.25) is 0 Å². The number of rotatable bonds is 6. The molecule has 0 saturated heterocycles. The number of esters is 1. The van der Waals surface area contributed by atoms with Crippen LogP contribution in [0.4, 0.5) is 10.7 Å². The quantitative estimate of drug-likeness (QED) is 0.788. The van der Waals surface area contributed by atoms with Gasteiger partial charge in [0.25, 0.3) is 0 Å². The molecule has 0 bridgehead atoms. The molecule has 3 aliphatic rings. The van der Waals surface area contributed by atoms with E-state index < -0.39 is 0 Å². The topological polar surface area (TPSA) is 64.3 Å². The smallest absolute Gasteiger partial charge is 0.350 e. The fourth-order valence-corrected chi connectivity index (χ4v) is 4.57. The monoisotopic (exact) mass is 306 g/mol. The Hall–Kier alpha value is -1.23. The second kappa shape index (κ2) is 4.63. The van der Waals surface area contributed by atoms with E-state index in [-0.39, 0.29) is 5.97 Å². The zero-order valence-corrected chi connectivity index (χ0v) is 13.2. The highest BCUT2D eigenvalue weighted by Crippen LogP contribution is 2.61. The van der Waals surface area contributed by atoms with E-state index in [0.717, 1.165) is 17.5 Å². The number of nitrogens with two attached hydrogens (primary N) is 1. The molecular weight excluding hydrogens is 284 g/mol. The lowest BCUT2D eigenvalue weighted by Crippen LogP contribution is -2.17. The van der Waals surface area contributed by atoms with Gasteiger partial charge in [0, 0.05) is 12.1 Å². The van der Waals surface area contributed by atoms with E-state index in [1.54, 1.807) is 0 Å². The van der Waals surface area contributed by atoms with Crippen molar-refractivity contribution in [3.8, 4) is 0 Å². The number of anilines is 2. The first-order valence-corrected chi connectivity index (χ1v) is 8.70. The summed E-state index contributed by atoms with van der Waals surface area (Å²) in [4.78, 5) is 12.4. The molecule has 1 aromatic rings. The fourth-order valence-electron chi connectivity index (χ4n) is 3.45. The van der Waals surface area contributed by atoms with Crippen molar-refractivity contribution in [3.63, 3.8) is 0 Å². The maximum Gasteiger partial charge on any atom is 0.350 e. The number of carbonyl (C=O) groups is 1. The van der Waals surface area contributed by atoms with Crippen LogP contribution in [0.15, 0.2) is 0 Å². The summed E-state index contributed by atoms with van der Waals surface area (Å²) < 4.78 is 4.86. The summed E-state index contributed by atoms with van der Waals surface area (Å²) in [6.45, 7) is 1.04. The molecular formula is C16H22N2O2S. The normalized spacial score (nSPS) is 22.9. The first kappa shape index (κ1) is 13.4. The molecule has 0 amide bonds. The van der Waals surface area contributed by atoms with Crippen LogP contribution >= 0.6 is 11.3 Å². The third kappa shape index (κ3) is 2.31. The van der Waals surface area contributed by atoms with Gasteiger partial charge in [-0.15, -0.1) is 11.3 Å². The van der Waals surface area contributed by atoms with E-state index in [0.29, 0.717) is 21.9 Å². The van der Waals surface area contributed by atoms with Crippen LogP contribution in [0, 0.1) is 11.3 Å². The average Bonchev–Trinajstić information content (AvgIpc) is 3.35. The highest BCUT2D eigenvalue weighted by molar-refractivity contribution is 7.18. The molecule has 0 radical (unpaired) electrons. The van der Waals surface area contributed by atoms with Gasteiger partial charge in [-0.3, -0.25) is 0 Å². The predicted octanol–water partition coefficient (Wildman–Crippen LogP) is 3.60. The number of methoxy groups -OCH3 is 1. The van der Waals surface area contributed by atoms with Crippen LogP contribution in [0.25, 0.3) is 0 Å². The number of nitrogens with one attached hydrogen (secondary N) is 1. The third-order valence-corrected chi connectivity index (χ3v) is 6.44. The highest BCUT2D eigenvalue weighted by atomic mass is 32.1. The lowest BCUT2D eigenvalue weighted by atomic mass is 10.0. The minimum absolute atomic E-state index is 0.309. The van der Waals surface area contributed by atoms with E-state index in [9.17, 15) is 4.79 Å². The predicted molar refractivity (Wildman–Crippen MR) is 84.9 cm³/mol. The molecule has 0 aliphatic heterocycles. The van der Waals surface area contributed by atoms with Crippen LogP contribution in [0.1, 0.15) is 59.7 Å². The molecule has 3 fully saturated rings. The van der Waals surface area contributed by atoms with E-state index >= 15 is 0 Å². The Bertz CT molecular complexity index is 583. The average molecular weight is 306 g/mol. The third-order valence-electron chi connectivity index (χ3n) is 5.28. The summed E-state index contributed by atoms with van der Waals surface area (Å²) in [6, 6.07) is 0. The summed E-state index contributed by atoms with van der Waals surface area (Å²) >= 11 is 1.48. The molecule has 3 N–H and O–H groups in total. The van der Waals surface area contributed by atoms with Crippen LogP contribution in [0.3, 0.4) is 0 Å². The van der Waals surface area contributed by atoms with Gasteiger partial charge >= 0.3 is 5.97 Å². The van der Waals surface area contributed by atoms with Gasteiger partial charge in [-0.25, -0.2) is 4.79 Å². The Balaban J connectivity index is 1.56. The maximum absolute atomic E-state index is 11.9. The van der Waals surface area contributed by atoms with Gasteiger partial charge in [0.05, 0.1) is 17.8 Å². The number of carbonyl (C=O) groups excluding carboxylic acids is 1. The van der Waals surface area contributed by atoms with Crippen molar-refractivity contribution in [1.82, 2.24) is 0 Å². The van der Waals surface area contributed by atoms with E-state index in [4.69, 9.17) is 10.5 Å². The second-order valence-electron chi connectivity index (χ2n) is 6.84. The molecule has 0 aromatic carbocycles. The number of thiophene rings is 1. The Morgan fingerprint density at radius 1 is 1.38 bits per heavy atom. The Morgan fingerprint density at radius 2 is 2.10 bits per heavy atom. The van der Waals surface area contributed by atoms with Crippen molar-refractivity contribution >= 4 is 28.0 Å². The zero-order chi connectivity index (χ0) is 14.6. The second-order valence-corrected chi connectivity index (χ2v) is 7.86. The lowest BCUT2D eigenvalue weighted by Gasteiger charge is -2.16. The van der Waals surface area contributed by atoms with Crippen molar-refractivity contribution in [2.75, 3.05) is 24.7 Å². The Morgan fingerprint density at radius 3 is 2.62 bits per heavy atom. The van der Waals surface area contributed by atoms with Crippen molar-refractivity contribution in [2.24, 2.45) is 11.3 Å². The van der Waals surface area contributed by atoms with Crippen molar-refractivity contribution in [3.05, 3.63) is 10.4 Å². The number of hydrogen-bond acceptors (Lipinski definition) is 5. The van der Waals surface area contributed by atoms with Gasteiger partial charge in [0.1, 0.15) is 4.88 Å². The van der Waals surface area contributed by atoms with E-state index in [2.05, 4.69) is 5.32 Å². The van der Waals surface area contributed by atoms with Gasteiger partial charge in [0.15, 0.2) is 0 Å². The molecule has 114 valence electrons. The lowest BCUT2D eigenvalue weighted by molar-refractivity contribution is 0.0607. The molecule has 0 unspecified atom stereocenters. The van der Waals surface area contributed by atoms with Crippen LogP contribution < -0.4 is 11.1 Å². The van der Waals surface area contributed by atoms with E-state index in [1.807, 2.05) is 0 Å². The number of ether oxygens (including phenoxy) is 1. The molecule has 4 nitrogen and oxygen atoms in total. The SMILES string of the molecule is COC(=O)c1sc(NCC2(C3CC3)CC2)c(C2CC2)c1N. The van der Waals surface area contributed by atoms with E-state index in [1.165, 1.54) is 62.5 Å². The summed E-state index contributed by atoms with van der Waals surface area (Å²) in [6.07, 6.45) is 7.88. The summed E-state index contributed by atoms with van der Waals surface area (Å²) in [5.41, 5.74) is 8.58. The highest BCUT2D eigenvalue weighted by Gasteiger charge is 2.53. The van der Waals surface area contributed by atoms with Crippen molar-refractivity contribution < 1.29 is 9.53 Å². The number of nitrogen functional groups attached to an aromatic ring is 1. The van der Waals surface area contributed by atoms with Crippen LogP contribution in [0.5, 0.6) is 0 Å². The van der Waals surface area contributed by atoms with Gasteiger partial charge in [-0.1, -0.05) is 0 Å². The van der Waals surface area contributed by atoms with Gasteiger partial charge < -0.3 is 15.8 Å². The summed E-state index contributed by atoms with van der Waals surface area (Å²) in [5, 5.41) is 4.74. The molecule has 1 aromatic heterocycles. The van der Waals surface area contributed by atoms with Crippen molar-refractivity contribution in [2.45, 2.75) is 44.4 Å². The van der Waals surface area contributed by atoms with Gasteiger partial charge in [-0.05, 0) is 55.8 Å². The molecule has 1 heterocycles. The Kier molecular flexibility index (Phi) is 2.96. The summed E-state index contributed by atoms with van der Waals surface area (Å²) in [5.74, 6) is 1.17. The molecule has 3 saturated carbocycles. The standard InChI is InChI=1S/C16H22N2O2S/c1-20-15(19)13-12(17)11(9-2-3-9)14(21-13)18-8-16(6-7-16)10-4-5-10/h9-10,18H,2-8,17H2,1H3. The van der Waals surface area contributed by atoms with Crippen LogP contribution in [-0.2, 0) is 4.74 Å². The Labute approximate surface area is 129 Å². The molecule has 4 rings (SSSR count). The number of hydrogen-bond donors (Lipinski definition) is 2. The minimum atomic E-state index is -0.309. The molecule has 21 heavy (non-hydrogen) atoms. The zero-order valence-electron chi connectivity index (χ0n) is 12.4. The molecule has 0 atom stereocenters. The molecule has 3 aliphatic carbocycles. The largest absolute Gasteiger partial charge is 0.465 e. The molecule has 5 heteroatoms. The van der Waals surface area contributed by atoms with Gasteiger partial charge in [-0.2, -0.15) is 0 Å². The minimum Gasteiger partial charge on any atom is -0.465 e. The fraction of sp³-hybridized carbons (Fsp3) is 0.688. The summed E-state index contributed by atoms with van der Waals surface area (Å²) in [7, 11) is 1.41.